The van der Waals surface area contributed by atoms with Gasteiger partial charge < -0.3 is 0 Å². The molecule has 227 valence electrons. The number of hydrogen-bond acceptors (Lipinski definition) is 0. The topological polar surface area (TPSA) is 0 Å². The molecule has 0 spiro atoms. The van der Waals surface area contributed by atoms with E-state index in [1.54, 1.807) is 0 Å². The van der Waals surface area contributed by atoms with E-state index in [4.69, 9.17) is 17.0 Å². The Kier molecular flexibility index (Phi) is 7.46. The van der Waals surface area contributed by atoms with E-state index in [0.717, 1.165) is 0 Å². The summed E-state index contributed by atoms with van der Waals surface area (Å²) in [5, 5.41) is 5.07. The molecule has 6 aromatic carbocycles. The summed E-state index contributed by atoms with van der Waals surface area (Å²) < 4.78 is 0.186. The Labute approximate surface area is 282 Å². The van der Waals surface area contributed by atoms with Crippen molar-refractivity contribution in [1.82, 2.24) is 0 Å². The first-order valence-corrected chi connectivity index (χ1v) is 38.9. The SMILES string of the molecule is CC1=Cc2c(-c3cccc4ccccc34)cccc2[CH]1[Zr]([Cl])([Cl])([CH]1C(C)=Cc2c(-c3cccc4ccccc34)cccc21)[GeH]([CH3])[CH3]. The zero-order valence-corrected chi connectivity index (χ0v) is 33.1. The second kappa shape index (κ2) is 11.2. The molecule has 8 rings (SSSR count). The molecule has 4 heteroatoms. The molecule has 0 saturated carbocycles. The summed E-state index contributed by atoms with van der Waals surface area (Å²) in [4.78, 5) is 0. The summed E-state index contributed by atoms with van der Waals surface area (Å²) in [6, 6.07) is 44.3. The third-order valence-corrected chi connectivity index (χ3v) is 93.2. The molecule has 46 heavy (non-hydrogen) atoms. The van der Waals surface area contributed by atoms with E-state index in [2.05, 4.69) is 159 Å². The number of halogens is 2. The van der Waals surface area contributed by atoms with Gasteiger partial charge in [-0.2, -0.15) is 0 Å². The van der Waals surface area contributed by atoms with E-state index in [1.807, 2.05) is 0 Å². The minimum absolute atomic E-state index is 0.0928. The molecule has 0 nitrogen and oxygen atoms in total. The van der Waals surface area contributed by atoms with Crippen LogP contribution in [-0.2, 0) is 13.9 Å². The summed E-state index contributed by atoms with van der Waals surface area (Å²) >= 11 is -4.73. The molecule has 2 atom stereocenters. The number of fused-ring (bicyclic) bond motifs is 4. The Balaban J connectivity index is 1.32. The van der Waals surface area contributed by atoms with E-state index in [0.29, 0.717) is 0 Å². The maximum absolute atomic E-state index is 8.55. The summed E-state index contributed by atoms with van der Waals surface area (Å²) in [6.45, 7) is 4.59. The van der Waals surface area contributed by atoms with Crippen molar-refractivity contribution in [2.45, 2.75) is 32.6 Å². The molecule has 6 aromatic rings. The van der Waals surface area contributed by atoms with Gasteiger partial charge >= 0.3 is 285 Å². The fourth-order valence-corrected chi connectivity index (χ4v) is 56.1. The summed E-state index contributed by atoms with van der Waals surface area (Å²) in [6.07, 6.45) is 4.84. The Morgan fingerprint density at radius 1 is 0.478 bits per heavy atom. The Hall–Kier alpha value is -2.67. The number of rotatable bonds is 5. The van der Waals surface area contributed by atoms with Crippen LogP contribution < -0.4 is 0 Å². The van der Waals surface area contributed by atoms with Gasteiger partial charge in [0.2, 0.25) is 0 Å². The molecule has 2 aliphatic rings. The van der Waals surface area contributed by atoms with Gasteiger partial charge in [-0.3, -0.25) is 0 Å². The van der Waals surface area contributed by atoms with Gasteiger partial charge in [-0.1, -0.05) is 0 Å². The van der Waals surface area contributed by atoms with Crippen LogP contribution in [0.3, 0.4) is 0 Å². The van der Waals surface area contributed by atoms with Crippen LogP contribution in [0.1, 0.15) is 43.4 Å². The van der Waals surface area contributed by atoms with Crippen molar-refractivity contribution in [3.05, 3.63) is 155 Å². The second-order valence-electron chi connectivity index (χ2n) is 13.7. The van der Waals surface area contributed by atoms with Gasteiger partial charge in [0.25, 0.3) is 0 Å². The van der Waals surface area contributed by atoms with Gasteiger partial charge in [-0.25, -0.2) is 0 Å². The molecule has 0 saturated heterocycles. The van der Waals surface area contributed by atoms with Crippen molar-refractivity contribution in [2.75, 3.05) is 0 Å². The van der Waals surface area contributed by atoms with Gasteiger partial charge in [-0.15, -0.1) is 0 Å². The summed E-state index contributed by atoms with van der Waals surface area (Å²) in [7, 11) is 14.9. The second-order valence-corrected chi connectivity index (χ2v) is 77.8. The third kappa shape index (κ3) is 4.42. The van der Waals surface area contributed by atoms with Crippen LogP contribution in [0.15, 0.2) is 132 Å². The van der Waals surface area contributed by atoms with Crippen molar-refractivity contribution in [2.24, 2.45) is 0 Å². The first kappa shape index (κ1) is 30.6. The van der Waals surface area contributed by atoms with Gasteiger partial charge in [0.05, 0.1) is 0 Å². The predicted molar refractivity (Wildman–Crippen MR) is 202 cm³/mol. The molecule has 0 aromatic heterocycles. The zero-order valence-electron chi connectivity index (χ0n) is 26.7. The predicted octanol–water partition coefficient (Wildman–Crippen LogP) is 12.9. The summed E-state index contributed by atoms with van der Waals surface area (Å²) in [5.41, 5.74) is 13.0. The fourth-order valence-electron chi connectivity index (χ4n) is 8.79. The van der Waals surface area contributed by atoms with E-state index in [9.17, 15) is 0 Å². The maximum atomic E-state index is 8.55. The Bertz CT molecular complexity index is 2110. The van der Waals surface area contributed by atoms with Crippen LogP contribution >= 0.6 is 17.0 Å². The molecule has 0 aliphatic heterocycles. The van der Waals surface area contributed by atoms with Crippen molar-refractivity contribution in [1.29, 1.82) is 0 Å². The van der Waals surface area contributed by atoms with Crippen LogP contribution in [0.4, 0.5) is 0 Å². The average molecular weight is 776 g/mol. The first-order chi connectivity index (χ1) is 22.2. The number of allylic oxidation sites excluding steroid dienone is 2. The van der Waals surface area contributed by atoms with Crippen LogP contribution in [0.5, 0.6) is 0 Å². The standard InChI is InChI=1S/2C20H15.C2H7Ge.2ClH.Zr/c2*1-14-12-16-8-5-11-19(20(16)13-14)18-10-4-7-15-6-2-3-9-17(15)18;1-3-2;;;/h2*2-13H,1H3;3H,1-2H3;2*1H;/q;;;;;+2/p-2. The number of benzene rings is 6. The molecule has 0 heterocycles. The van der Waals surface area contributed by atoms with Gasteiger partial charge in [0, 0.05) is 0 Å². The molecule has 2 unspecified atom stereocenters. The Morgan fingerprint density at radius 3 is 1.28 bits per heavy atom. The van der Waals surface area contributed by atoms with E-state index in [1.165, 1.54) is 77.2 Å². The van der Waals surface area contributed by atoms with Gasteiger partial charge in [0.15, 0.2) is 0 Å². The average Bonchev–Trinajstić information content (AvgIpc) is 3.60. The Morgan fingerprint density at radius 2 is 0.848 bits per heavy atom. The normalized spacial score (nSPS) is 18.3. The zero-order chi connectivity index (χ0) is 31.8. The van der Waals surface area contributed by atoms with E-state index >= 15 is 0 Å². The van der Waals surface area contributed by atoms with Crippen molar-refractivity contribution in [3.8, 4) is 22.3 Å². The monoisotopic (exact) mass is 775 g/mol. The molecule has 0 amide bonds. The fraction of sp³-hybridized carbons (Fsp3) is 0.143. The van der Waals surface area contributed by atoms with Crippen molar-refractivity contribution < 1.29 is 13.9 Å². The van der Waals surface area contributed by atoms with Gasteiger partial charge in [0.1, 0.15) is 0 Å². The van der Waals surface area contributed by atoms with Crippen LogP contribution in [0.2, 0.25) is 11.5 Å². The van der Waals surface area contributed by atoms with Crippen LogP contribution in [0.25, 0.3) is 56.0 Å². The first-order valence-electron chi connectivity index (χ1n) is 16.3. The molecular weight excluding hydrogens is 739 g/mol. The van der Waals surface area contributed by atoms with Crippen LogP contribution in [0, 0.1) is 0 Å². The molecule has 0 fully saturated rings. The number of hydrogen-bond donors (Lipinski definition) is 0. The molecule has 0 radical (unpaired) electrons. The summed E-state index contributed by atoms with van der Waals surface area (Å²) in [5.74, 6) is 4.94. The van der Waals surface area contributed by atoms with Gasteiger partial charge in [-0.05, 0) is 0 Å². The quantitative estimate of drug-likeness (QED) is 0.153. The van der Waals surface area contributed by atoms with Crippen LogP contribution in [-0.4, -0.2) is 10.6 Å². The van der Waals surface area contributed by atoms with Crippen molar-refractivity contribution >= 4 is 61.3 Å². The molecule has 2 aliphatic carbocycles. The molecule has 0 N–H and O–H groups in total. The molecular formula is C42H37Cl2GeZr. The van der Waals surface area contributed by atoms with Crippen molar-refractivity contribution in [3.63, 3.8) is 0 Å². The molecule has 0 bridgehead atoms. The van der Waals surface area contributed by atoms with E-state index < -0.39 is 24.4 Å². The van der Waals surface area contributed by atoms with E-state index in [-0.39, 0.29) is 7.25 Å². The minimum atomic E-state index is -4.73. The third-order valence-electron chi connectivity index (χ3n) is 10.9.